The van der Waals surface area contributed by atoms with E-state index in [1.54, 1.807) is 0 Å². The van der Waals surface area contributed by atoms with E-state index in [2.05, 4.69) is 110 Å². The number of nitrogens with zero attached hydrogens (tertiary/aromatic N) is 2. The average molecular weight is 539 g/mol. The van der Waals surface area contributed by atoms with Crippen molar-refractivity contribution in [1.29, 1.82) is 0 Å². The Morgan fingerprint density at radius 3 is 1.90 bits per heavy atom. The van der Waals surface area contributed by atoms with Crippen molar-refractivity contribution in [1.82, 2.24) is 9.97 Å². The number of para-hydroxylation sites is 1. The summed E-state index contributed by atoms with van der Waals surface area (Å²) in [5.41, 5.74) is 10.8. The quantitative estimate of drug-likeness (QED) is 0.224. The second-order valence-electron chi connectivity index (χ2n) is 10.7. The predicted molar refractivity (Wildman–Crippen MR) is 173 cm³/mol. The van der Waals surface area contributed by atoms with Gasteiger partial charge in [0.15, 0.2) is 11.4 Å². The van der Waals surface area contributed by atoms with Gasteiger partial charge in [-0.1, -0.05) is 133 Å². The van der Waals surface area contributed by atoms with Crippen LogP contribution in [0, 0.1) is 6.92 Å². The highest BCUT2D eigenvalue weighted by Gasteiger charge is 2.20. The molecule has 2 heterocycles. The van der Waals surface area contributed by atoms with Crippen LogP contribution >= 0.6 is 0 Å². The highest BCUT2D eigenvalue weighted by molar-refractivity contribution is 6.11. The molecule has 0 bridgehead atoms. The number of rotatable bonds is 4. The monoisotopic (exact) mass is 538 g/mol. The maximum Gasteiger partial charge on any atom is 0.180 e. The van der Waals surface area contributed by atoms with Crippen LogP contribution in [0.3, 0.4) is 0 Å². The first-order chi connectivity index (χ1) is 20.7. The molecule has 0 aliphatic heterocycles. The molecular formula is C39H26N2O. The van der Waals surface area contributed by atoms with Crippen LogP contribution in [0.25, 0.3) is 77.7 Å². The molecule has 42 heavy (non-hydrogen) atoms. The summed E-state index contributed by atoms with van der Waals surface area (Å²) in [4.78, 5) is 10.2. The fourth-order valence-corrected chi connectivity index (χ4v) is 5.79. The van der Waals surface area contributed by atoms with E-state index in [1.165, 1.54) is 21.9 Å². The maximum atomic E-state index is 6.74. The third kappa shape index (κ3) is 4.15. The van der Waals surface area contributed by atoms with Gasteiger partial charge in [0.2, 0.25) is 0 Å². The maximum absolute atomic E-state index is 6.74. The minimum atomic E-state index is 0.680. The molecule has 0 radical (unpaired) electrons. The third-order valence-electron chi connectivity index (χ3n) is 7.94. The number of hydrogen-bond acceptors (Lipinski definition) is 3. The third-order valence-corrected chi connectivity index (χ3v) is 7.94. The van der Waals surface area contributed by atoms with Crippen molar-refractivity contribution in [3.8, 4) is 44.9 Å². The summed E-state index contributed by atoms with van der Waals surface area (Å²) >= 11 is 0. The highest BCUT2D eigenvalue weighted by Crippen LogP contribution is 2.40. The summed E-state index contributed by atoms with van der Waals surface area (Å²) in [5, 5.41) is 3.42. The number of aromatic nitrogens is 2. The fourth-order valence-electron chi connectivity index (χ4n) is 5.79. The predicted octanol–water partition coefficient (Wildman–Crippen LogP) is 10.5. The molecule has 0 aliphatic carbocycles. The van der Waals surface area contributed by atoms with Crippen LogP contribution in [-0.4, -0.2) is 9.97 Å². The summed E-state index contributed by atoms with van der Waals surface area (Å²) in [5.74, 6) is 0.680. The Labute approximate surface area is 243 Å². The van der Waals surface area contributed by atoms with Crippen molar-refractivity contribution in [2.24, 2.45) is 0 Å². The normalized spacial score (nSPS) is 11.5. The van der Waals surface area contributed by atoms with Gasteiger partial charge < -0.3 is 4.42 Å². The Bertz CT molecular complexity index is 2230. The lowest BCUT2D eigenvalue weighted by molar-refractivity contribution is 0.668. The van der Waals surface area contributed by atoms with Gasteiger partial charge in [-0.05, 0) is 46.5 Å². The number of benzene rings is 6. The zero-order valence-electron chi connectivity index (χ0n) is 23.1. The van der Waals surface area contributed by atoms with Crippen molar-refractivity contribution >= 4 is 32.8 Å². The second kappa shape index (κ2) is 9.83. The minimum absolute atomic E-state index is 0.680. The van der Waals surface area contributed by atoms with Gasteiger partial charge >= 0.3 is 0 Å². The van der Waals surface area contributed by atoms with E-state index in [9.17, 15) is 0 Å². The van der Waals surface area contributed by atoms with Gasteiger partial charge in [-0.25, -0.2) is 9.97 Å². The van der Waals surface area contributed by atoms with Crippen molar-refractivity contribution in [2.45, 2.75) is 6.92 Å². The van der Waals surface area contributed by atoms with E-state index >= 15 is 0 Å². The van der Waals surface area contributed by atoms with Crippen LogP contribution in [0.5, 0.6) is 0 Å². The first-order valence-corrected chi connectivity index (χ1v) is 14.2. The fraction of sp³-hybridized carbons (Fsp3) is 0.0256. The molecule has 198 valence electrons. The standard InChI is InChI=1S/C39H26N2O/c1-25-15-16-31-24-32(22-21-30(31)23-25)33-13-8-14-34-36-38(42-37(33)34)35(40-39(41-36)29-11-6-3-7-12-29)28-19-17-27(18-20-28)26-9-4-2-5-10-26/h2-24H,1H3. The average Bonchev–Trinajstić information content (AvgIpc) is 3.44. The highest BCUT2D eigenvalue weighted by atomic mass is 16.3. The van der Waals surface area contributed by atoms with E-state index in [1.807, 2.05) is 36.4 Å². The lowest BCUT2D eigenvalue weighted by atomic mass is 9.99. The Hall–Kier alpha value is -5.54. The molecule has 0 aliphatic rings. The zero-order chi connectivity index (χ0) is 28.0. The summed E-state index contributed by atoms with van der Waals surface area (Å²) in [6.45, 7) is 2.13. The van der Waals surface area contributed by atoms with E-state index in [4.69, 9.17) is 14.4 Å². The molecular weight excluding hydrogens is 512 g/mol. The largest absolute Gasteiger partial charge is 0.451 e. The molecule has 0 unspecified atom stereocenters. The van der Waals surface area contributed by atoms with Gasteiger partial charge in [0.05, 0.1) is 0 Å². The van der Waals surface area contributed by atoms with Crippen LogP contribution < -0.4 is 0 Å². The molecule has 0 saturated heterocycles. The van der Waals surface area contributed by atoms with Gasteiger partial charge in [-0.2, -0.15) is 0 Å². The topological polar surface area (TPSA) is 38.9 Å². The first kappa shape index (κ1) is 24.3. The molecule has 0 spiro atoms. The molecule has 8 rings (SSSR count). The van der Waals surface area contributed by atoms with Crippen LogP contribution in [0.4, 0.5) is 0 Å². The molecule has 0 saturated carbocycles. The Kier molecular flexibility index (Phi) is 5.68. The first-order valence-electron chi connectivity index (χ1n) is 14.2. The summed E-state index contributed by atoms with van der Waals surface area (Å²) in [7, 11) is 0. The minimum Gasteiger partial charge on any atom is -0.451 e. The molecule has 3 heteroatoms. The number of hydrogen-bond donors (Lipinski definition) is 0. The Balaban J connectivity index is 1.35. The van der Waals surface area contributed by atoms with E-state index in [0.29, 0.717) is 11.4 Å². The second-order valence-corrected chi connectivity index (χ2v) is 10.7. The lowest BCUT2D eigenvalue weighted by Gasteiger charge is -2.07. The summed E-state index contributed by atoms with van der Waals surface area (Å²) in [6.07, 6.45) is 0. The van der Waals surface area contributed by atoms with Crippen LogP contribution in [0.2, 0.25) is 0 Å². The van der Waals surface area contributed by atoms with Gasteiger partial charge in [0, 0.05) is 22.1 Å². The molecule has 2 aromatic heterocycles. The molecule has 3 nitrogen and oxygen atoms in total. The number of furan rings is 1. The summed E-state index contributed by atoms with van der Waals surface area (Å²) in [6, 6.07) is 48.6. The van der Waals surface area contributed by atoms with Crippen molar-refractivity contribution in [3.63, 3.8) is 0 Å². The number of aryl methyl sites for hydroxylation is 1. The SMILES string of the molecule is Cc1ccc2cc(-c3cccc4c3oc3c(-c5ccc(-c6ccccc6)cc5)nc(-c5ccccc5)nc34)ccc2c1. The van der Waals surface area contributed by atoms with E-state index < -0.39 is 0 Å². The molecule has 0 amide bonds. The lowest BCUT2D eigenvalue weighted by Crippen LogP contribution is -1.93. The summed E-state index contributed by atoms with van der Waals surface area (Å²) < 4.78 is 6.74. The molecule has 0 atom stereocenters. The van der Waals surface area contributed by atoms with Gasteiger partial charge in [-0.3, -0.25) is 0 Å². The Morgan fingerprint density at radius 1 is 0.476 bits per heavy atom. The van der Waals surface area contributed by atoms with Gasteiger partial charge in [0.1, 0.15) is 16.8 Å². The van der Waals surface area contributed by atoms with E-state index in [0.717, 1.165) is 50.0 Å². The van der Waals surface area contributed by atoms with Gasteiger partial charge in [0.25, 0.3) is 0 Å². The van der Waals surface area contributed by atoms with Crippen molar-refractivity contribution in [3.05, 3.63) is 145 Å². The molecule has 0 N–H and O–H groups in total. The zero-order valence-corrected chi connectivity index (χ0v) is 23.1. The molecule has 6 aromatic carbocycles. The van der Waals surface area contributed by atoms with E-state index in [-0.39, 0.29) is 0 Å². The van der Waals surface area contributed by atoms with Gasteiger partial charge in [-0.15, -0.1) is 0 Å². The molecule has 0 fully saturated rings. The van der Waals surface area contributed by atoms with Crippen LogP contribution in [0.15, 0.2) is 144 Å². The van der Waals surface area contributed by atoms with Crippen molar-refractivity contribution in [2.75, 3.05) is 0 Å². The number of fused-ring (bicyclic) bond motifs is 4. The van der Waals surface area contributed by atoms with Crippen LogP contribution in [0.1, 0.15) is 5.56 Å². The molecule has 8 aromatic rings. The smallest absolute Gasteiger partial charge is 0.180 e. The van der Waals surface area contributed by atoms with Crippen molar-refractivity contribution < 1.29 is 4.42 Å². The van der Waals surface area contributed by atoms with Crippen LogP contribution in [-0.2, 0) is 0 Å². The Morgan fingerprint density at radius 2 is 1.12 bits per heavy atom.